The number of fused-ring (bicyclic) bond motifs is 2. The zero-order valence-electron chi connectivity index (χ0n) is 8.20. The third kappa shape index (κ3) is 1.04. The normalized spacial score (nSPS) is 28.1. The summed E-state index contributed by atoms with van der Waals surface area (Å²) in [6, 6.07) is 1.82. The fourth-order valence-corrected chi connectivity index (χ4v) is 2.96. The van der Waals surface area contributed by atoms with Gasteiger partial charge in [0.1, 0.15) is 10.8 Å². The van der Waals surface area contributed by atoms with Gasteiger partial charge in [0.25, 0.3) is 0 Å². The minimum atomic E-state index is -1.39. The molecule has 2 aliphatic heterocycles. The number of hydrogen-bond donors (Lipinski definition) is 2. The predicted molar refractivity (Wildman–Crippen MR) is 58.9 cm³/mol. The monoisotopic (exact) mass is 222 g/mol. The summed E-state index contributed by atoms with van der Waals surface area (Å²) >= 11 is 1.52. The van der Waals surface area contributed by atoms with Gasteiger partial charge in [0.05, 0.1) is 5.56 Å². The molecule has 2 N–H and O–H groups in total. The number of amidine groups is 1. The zero-order chi connectivity index (χ0) is 10.6. The lowest BCUT2D eigenvalue weighted by Gasteiger charge is -2.28. The van der Waals surface area contributed by atoms with Crippen LogP contribution >= 0.6 is 11.3 Å². The van der Waals surface area contributed by atoms with Crippen molar-refractivity contribution in [1.29, 1.82) is 0 Å². The molecule has 1 aromatic rings. The maximum atomic E-state index is 12.1. The second-order valence-corrected chi connectivity index (χ2v) is 5.15. The van der Waals surface area contributed by atoms with E-state index in [1.165, 1.54) is 11.3 Å². The van der Waals surface area contributed by atoms with Gasteiger partial charge in [-0.25, -0.2) is 0 Å². The Morgan fingerprint density at radius 3 is 3.27 bits per heavy atom. The standard InChI is InChI=1S/C10H10N2O2S/c1-5-4-6-7(13)10(14)2-3-11-9(10)12-8(6)15-5/h4,14H,2-3H2,1H3,(H,11,12). The van der Waals surface area contributed by atoms with Crippen molar-refractivity contribution in [3.8, 4) is 0 Å². The van der Waals surface area contributed by atoms with Crippen LogP contribution in [-0.2, 0) is 0 Å². The molecule has 4 nitrogen and oxygen atoms in total. The highest BCUT2D eigenvalue weighted by Crippen LogP contribution is 2.38. The van der Waals surface area contributed by atoms with Crippen LogP contribution in [-0.4, -0.2) is 28.9 Å². The van der Waals surface area contributed by atoms with Crippen molar-refractivity contribution in [2.75, 3.05) is 11.9 Å². The summed E-state index contributed by atoms with van der Waals surface area (Å²) in [5.41, 5.74) is -0.790. The van der Waals surface area contributed by atoms with Crippen molar-refractivity contribution >= 4 is 28.0 Å². The Morgan fingerprint density at radius 1 is 1.67 bits per heavy atom. The number of thiophene rings is 1. The number of nitrogens with zero attached hydrogens (tertiary/aromatic N) is 1. The fraction of sp³-hybridized carbons (Fsp3) is 0.400. The van der Waals surface area contributed by atoms with Crippen molar-refractivity contribution in [2.45, 2.75) is 18.9 Å². The number of aryl methyl sites for hydroxylation is 1. The number of anilines is 1. The lowest BCUT2D eigenvalue weighted by atomic mass is 9.88. The van der Waals surface area contributed by atoms with Crippen LogP contribution in [0.25, 0.3) is 0 Å². The number of aliphatic imine (C=N–C) groups is 1. The van der Waals surface area contributed by atoms with E-state index in [1.807, 2.05) is 13.0 Å². The molecule has 78 valence electrons. The van der Waals surface area contributed by atoms with Gasteiger partial charge in [-0.15, -0.1) is 11.3 Å². The van der Waals surface area contributed by atoms with E-state index in [1.54, 1.807) is 0 Å². The highest BCUT2D eigenvalue weighted by Gasteiger charge is 2.49. The number of nitrogens with one attached hydrogen (secondary N) is 1. The summed E-state index contributed by atoms with van der Waals surface area (Å²) in [4.78, 5) is 17.3. The van der Waals surface area contributed by atoms with Crippen LogP contribution in [0, 0.1) is 6.92 Å². The van der Waals surface area contributed by atoms with Gasteiger partial charge < -0.3 is 10.4 Å². The SMILES string of the molecule is Cc1cc2c(s1)NC1=NCCC1(O)C2=O. The van der Waals surface area contributed by atoms with E-state index in [9.17, 15) is 9.90 Å². The molecule has 3 heterocycles. The van der Waals surface area contributed by atoms with Crippen LogP contribution in [0.2, 0.25) is 0 Å². The van der Waals surface area contributed by atoms with Gasteiger partial charge in [-0.05, 0) is 13.0 Å². The molecule has 0 fully saturated rings. The Hall–Kier alpha value is -1.20. The first-order valence-corrected chi connectivity index (χ1v) is 5.62. The molecule has 15 heavy (non-hydrogen) atoms. The van der Waals surface area contributed by atoms with Crippen molar-refractivity contribution in [3.05, 3.63) is 16.5 Å². The number of ketones is 1. The summed E-state index contributed by atoms with van der Waals surface area (Å²) in [5.74, 6) is 0.207. The van der Waals surface area contributed by atoms with Gasteiger partial charge in [-0.2, -0.15) is 0 Å². The van der Waals surface area contributed by atoms with Crippen LogP contribution in [0.1, 0.15) is 21.7 Å². The highest BCUT2D eigenvalue weighted by atomic mass is 32.1. The van der Waals surface area contributed by atoms with E-state index in [0.29, 0.717) is 24.4 Å². The van der Waals surface area contributed by atoms with Gasteiger partial charge in [0.15, 0.2) is 5.60 Å². The molecular formula is C10H10N2O2S. The van der Waals surface area contributed by atoms with Crippen molar-refractivity contribution in [2.24, 2.45) is 4.99 Å². The van der Waals surface area contributed by atoms with E-state index >= 15 is 0 Å². The summed E-state index contributed by atoms with van der Waals surface area (Å²) in [6.45, 7) is 2.46. The predicted octanol–water partition coefficient (Wildman–Crippen LogP) is 1.20. The van der Waals surface area contributed by atoms with Crippen molar-refractivity contribution in [3.63, 3.8) is 0 Å². The number of aliphatic hydroxyl groups is 1. The van der Waals surface area contributed by atoms with Crippen molar-refractivity contribution < 1.29 is 9.90 Å². The first-order chi connectivity index (χ1) is 7.11. The minimum Gasteiger partial charge on any atom is -0.374 e. The first-order valence-electron chi connectivity index (χ1n) is 4.81. The van der Waals surface area contributed by atoms with E-state index in [-0.39, 0.29) is 5.78 Å². The number of hydrogen-bond acceptors (Lipinski definition) is 5. The van der Waals surface area contributed by atoms with E-state index < -0.39 is 5.60 Å². The number of Topliss-reactive ketones (excluding diaryl/α,β-unsaturated/α-hetero) is 1. The molecular weight excluding hydrogens is 212 g/mol. The van der Waals surface area contributed by atoms with Gasteiger partial charge in [0, 0.05) is 17.8 Å². The first kappa shape index (κ1) is 9.06. The average molecular weight is 222 g/mol. The smallest absolute Gasteiger partial charge is 0.205 e. The van der Waals surface area contributed by atoms with E-state index in [0.717, 1.165) is 9.88 Å². The summed E-state index contributed by atoms with van der Waals surface area (Å²) in [5, 5.41) is 14.1. The molecule has 0 spiro atoms. The van der Waals surface area contributed by atoms with Crippen LogP contribution in [0.5, 0.6) is 0 Å². The Morgan fingerprint density at radius 2 is 2.47 bits per heavy atom. The number of carbonyl (C=O) groups excluding carboxylic acids is 1. The highest BCUT2D eigenvalue weighted by molar-refractivity contribution is 7.16. The Labute approximate surface area is 90.7 Å². The summed E-state index contributed by atoms with van der Waals surface area (Å²) in [7, 11) is 0. The zero-order valence-corrected chi connectivity index (χ0v) is 9.02. The Bertz CT molecular complexity index is 492. The molecule has 0 saturated heterocycles. The number of rotatable bonds is 0. The molecule has 0 amide bonds. The molecule has 1 aromatic heterocycles. The molecule has 1 atom stereocenters. The van der Waals surface area contributed by atoms with Crippen LogP contribution in [0.4, 0.5) is 5.00 Å². The van der Waals surface area contributed by atoms with Gasteiger partial charge in [-0.3, -0.25) is 9.79 Å². The third-order valence-corrected chi connectivity index (χ3v) is 3.81. The lowest BCUT2D eigenvalue weighted by Crippen LogP contribution is -2.50. The summed E-state index contributed by atoms with van der Waals surface area (Å²) < 4.78 is 0. The molecule has 5 heteroatoms. The van der Waals surface area contributed by atoms with Gasteiger partial charge >= 0.3 is 0 Å². The summed E-state index contributed by atoms with van der Waals surface area (Å²) in [6.07, 6.45) is 0.391. The van der Waals surface area contributed by atoms with Gasteiger partial charge in [0.2, 0.25) is 5.78 Å². The van der Waals surface area contributed by atoms with E-state index in [4.69, 9.17) is 0 Å². The molecule has 0 saturated carbocycles. The molecule has 0 aromatic carbocycles. The second kappa shape index (κ2) is 2.68. The molecule has 2 aliphatic rings. The van der Waals surface area contributed by atoms with Crippen LogP contribution in [0.3, 0.4) is 0 Å². The number of carbonyl (C=O) groups is 1. The largest absolute Gasteiger partial charge is 0.374 e. The maximum Gasteiger partial charge on any atom is 0.205 e. The third-order valence-electron chi connectivity index (χ3n) is 2.84. The molecule has 3 rings (SSSR count). The van der Waals surface area contributed by atoms with Crippen LogP contribution < -0.4 is 5.32 Å². The van der Waals surface area contributed by atoms with Gasteiger partial charge in [-0.1, -0.05) is 0 Å². The molecule has 0 bridgehead atoms. The molecule has 1 unspecified atom stereocenters. The van der Waals surface area contributed by atoms with Crippen molar-refractivity contribution in [1.82, 2.24) is 0 Å². The minimum absolute atomic E-state index is 0.211. The molecule has 0 radical (unpaired) electrons. The maximum absolute atomic E-state index is 12.1. The average Bonchev–Trinajstić information content (AvgIpc) is 2.71. The lowest BCUT2D eigenvalue weighted by molar-refractivity contribution is 0.0597. The van der Waals surface area contributed by atoms with E-state index in [2.05, 4.69) is 10.3 Å². The molecule has 0 aliphatic carbocycles. The topological polar surface area (TPSA) is 61.7 Å². The Balaban J connectivity index is 2.20. The second-order valence-electron chi connectivity index (χ2n) is 3.89. The Kier molecular flexibility index (Phi) is 1.62. The fourth-order valence-electron chi connectivity index (χ4n) is 2.05. The quantitative estimate of drug-likeness (QED) is 0.693. The van der Waals surface area contributed by atoms with Crippen LogP contribution in [0.15, 0.2) is 11.1 Å².